The zero-order chi connectivity index (χ0) is 9.68. The molecule has 0 saturated carbocycles. The second kappa shape index (κ2) is 4.67. The van der Waals surface area contributed by atoms with Crippen LogP contribution in [0, 0.1) is 5.92 Å². The third-order valence-corrected chi connectivity index (χ3v) is 1.71. The fourth-order valence-corrected chi connectivity index (χ4v) is 0.893. The first-order chi connectivity index (χ1) is 6.22. The normalized spacial score (nSPS) is 12.5. The van der Waals surface area contributed by atoms with E-state index in [1.807, 2.05) is 19.1 Å². The lowest BCUT2D eigenvalue weighted by Crippen LogP contribution is -2.15. The molecule has 4 nitrogen and oxygen atoms in total. The standard InChI is InChI=1S/C9H15N3O/c1-7(6-13)5-11-9-4-2-3-8(10)12-9/h2-4,7,13H,5-6H2,1H3,(H3,10,11,12). The minimum atomic E-state index is 0.176. The van der Waals surface area contributed by atoms with E-state index in [0.717, 1.165) is 5.82 Å². The first-order valence-corrected chi connectivity index (χ1v) is 4.29. The Morgan fingerprint density at radius 2 is 2.38 bits per heavy atom. The van der Waals surface area contributed by atoms with E-state index in [1.165, 1.54) is 0 Å². The highest BCUT2D eigenvalue weighted by atomic mass is 16.3. The second-order valence-corrected chi connectivity index (χ2v) is 3.12. The number of aromatic nitrogens is 1. The van der Waals surface area contributed by atoms with Gasteiger partial charge in [0.25, 0.3) is 0 Å². The molecule has 0 spiro atoms. The SMILES string of the molecule is CC(CO)CNc1cccc(N)n1. The molecule has 1 aromatic rings. The number of nitrogens with zero attached hydrogens (tertiary/aromatic N) is 1. The second-order valence-electron chi connectivity index (χ2n) is 3.12. The molecule has 0 saturated heterocycles. The molecule has 1 heterocycles. The number of aliphatic hydroxyl groups excluding tert-OH is 1. The zero-order valence-corrected chi connectivity index (χ0v) is 7.70. The van der Waals surface area contributed by atoms with Gasteiger partial charge >= 0.3 is 0 Å². The van der Waals surface area contributed by atoms with Crippen molar-refractivity contribution in [3.05, 3.63) is 18.2 Å². The molecule has 1 aromatic heterocycles. The molecule has 0 bridgehead atoms. The molecule has 1 rings (SSSR count). The van der Waals surface area contributed by atoms with Crippen molar-refractivity contribution in [2.45, 2.75) is 6.92 Å². The first kappa shape index (κ1) is 9.80. The van der Waals surface area contributed by atoms with E-state index in [0.29, 0.717) is 12.4 Å². The van der Waals surface area contributed by atoms with Gasteiger partial charge in [0, 0.05) is 13.2 Å². The van der Waals surface area contributed by atoms with E-state index in [-0.39, 0.29) is 12.5 Å². The monoisotopic (exact) mass is 181 g/mol. The average Bonchev–Trinajstić information content (AvgIpc) is 2.14. The van der Waals surface area contributed by atoms with Crippen LogP contribution in [-0.4, -0.2) is 23.2 Å². The Bertz CT molecular complexity index is 265. The van der Waals surface area contributed by atoms with Crippen molar-refractivity contribution >= 4 is 11.6 Å². The Balaban J connectivity index is 2.45. The molecule has 0 amide bonds. The van der Waals surface area contributed by atoms with Crippen LogP contribution in [0.15, 0.2) is 18.2 Å². The maximum atomic E-state index is 8.78. The summed E-state index contributed by atoms with van der Waals surface area (Å²) >= 11 is 0. The fourth-order valence-electron chi connectivity index (χ4n) is 0.893. The molecule has 72 valence electrons. The number of nitrogens with two attached hydrogens (primary N) is 1. The highest BCUT2D eigenvalue weighted by Gasteiger charge is 1.99. The molecular formula is C9H15N3O. The van der Waals surface area contributed by atoms with Crippen molar-refractivity contribution in [1.82, 2.24) is 4.98 Å². The van der Waals surface area contributed by atoms with Crippen molar-refractivity contribution in [3.63, 3.8) is 0 Å². The summed E-state index contributed by atoms with van der Waals surface area (Å²) in [6.07, 6.45) is 0. The molecule has 0 fully saturated rings. The minimum Gasteiger partial charge on any atom is -0.396 e. The molecule has 0 aliphatic rings. The number of hydrogen-bond acceptors (Lipinski definition) is 4. The molecule has 0 aromatic carbocycles. The summed E-state index contributed by atoms with van der Waals surface area (Å²) in [5.74, 6) is 1.48. The number of pyridine rings is 1. The van der Waals surface area contributed by atoms with Crippen LogP contribution in [0.25, 0.3) is 0 Å². The fraction of sp³-hybridized carbons (Fsp3) is 0.444. The van der Waals surface area contributed by atoms with Crippen LogP contribution in [-0.2, 0) is 0 Å². The van der Waals surface area contributed by atoms with E-state index in [2.05, 4.69) is 10.3 Å². The molecule has 1 unspecified atom stereocenters. The van der Waals surface area contributed by atoms with Crippen LogP contribution in [0.4, 0.5) is 11.6 Å². The first-order valence-electron chi connectivity index (χ1n) is 4.29. The highest BCUT2D eigenvalue weighted by molar-refractivity contribution is 5.42. The van der Waals surface area contributed by atoms with Crippen LogP contribution in [0.2, 0.25) is 0 Å². The van der Waals surface area contributed by atoms with Crippen LogP contribution in [0.3, 0.4) is 0 Å². The smallest absolute Gasteiger partial charge is 0.128 e. The lowest BCUT2D eigenvalue weighted by Gasteiger charge is -2.09. The number of aliphatic hydroxyl groups is 1. The van der Waals surface area contributed by atoms with Gasteiger partial charge in [0.05, 0.1) is 0 Å². The molecule has 0 radical (unpaired) electrons. The van der Waals surface area contributed by atoms with Crippen molar-refractivity contribution in [3.8, 4) is 0 Å². The summed E-state index contributed by atoms with van der Waals surface area (Å²) in [6, 6.07) is 5.43. The quantitative estimate of drug-likeness (QED) is 0.639. The maximum Gasteiger partial charge on any atom is 0.128 e. The van der Waals surface area contributed by atoms with Crippen molar-refractivity contribution in [1.29, 1.82) is 0 Å². The van der Waals surface area contributed by atoms with Gasteiger partial charge in [-0.2, -0.15) is 0 Å². The van der Waals surface area contributed by atoms with Gasteiger partial charge in [0.1, 0.15) is 11.6 Å². The van der Waals surface area contributed by atoms with Crippen LogP contribution >= 0.6 is 0 Å². The van der Waals surface area contributed by atoms with Crippen molar-refractivity contribution in [2.75, 3.05) is 24.2 Å². The van der Waals surface area contributed by atoms with E-state index >= 15 is 0 Å². The van der Waals surface area contributed by atoms with Crippen molar-refractivity contribution in [2.24, 2.45) is 5.92 Å². The third kappa shape index (κ3) is 3.29. The predicted octanol–water partition coefficient (Wildman–Crippen LogP) is 0.704. The lowest BCUT2D eigenvalue weighted by atomic mass is 10.2. The predicted molar refractivity (Wildman–Crippen MR) is 53.4 cm³/mol. The van der Waals surface area contributed by atoms with Gasteiger partial charge in [0.15, 0.2) is 0 Å². The zero-order valence-electron chi connectivity index (χ0n) is 7.70. The number of anilines is 2. The number of rotatable bonds is 4. The van der Waals surface area contributed by atoms with Gasteiger partial charge in [-0.3, -0.25) is 0 Å². The van der Waals surface area contributed by atoms with Gasteiger partial charge in [-0.05, 0) is 18.1 Å². The summed E-state index contributed by atoms with van der Waals surface area (Å²) in [4.78, 5) is 4.06. The van der Waals surface area contributed by atoms with Crippen LogP contribution < -0.4 is 11.1 Å². The summed E-state index contributed by atoms with van der Waals surface area (Å²) < 4.78 is 0. The molecular weight excluding hydrogens is 166 g/mol. The largest absolute Gasteiger partial charge is 0.396 e. The van der Waals surface area contributed by atoms with Gasteiger partial charge < -0.3 is 16.2 Å². The van der Waals surface area contributed by atoms with E-state index in [4.69, 9.17) is 10.8 Å². The van der Waals surface area contributed by atoms with Gasteiger partial charge in [-0.25, -0.2) is 4.98 Å². The highest BCUT2D eigenvalue weighted by Crippen LogP contribution is 2.06. The Hall–Kier alpha value is -1.29. The summed E-state index contributed by atoms with van der Waals surface area (Å²) in [7, 11) is 0. The van der Waals surface area contributed by atoms with E-state index < -0.39 is 0 Å². The Labute approximate surface area is 77.8 Å². The molecule has 4 N–H and O–H groups in total. The number of hydrogen-bond donors (Lipinski definition) is 3. The van der Waals surface area contributed by atoms with Gasteiger partial charge in [0.2, 0.25) is 0 Å². The summed E-state index contributed by atoms with van der Waals surface area (Å²) in [6.45, 7) is 2.83. The molecule has 4 heteroatoms. The van der Waals surface area contributed by atoms with Gasteiger partial charge in [-0.1, -0.05) is 13.0 Å². The molecule has 13 heavy (non-hydrogen) atoms. The van der Waals surface area contributed by atoms with E-state index in [9.17, 15) is 0 Å². The van der Waals surface area contributed by atoms with Gasteiger partial charge in [-0.15, -0.1) is 0 Å². The molecule has 0 aliphatic carbocycles. The molecule has 0 aliphatic heterocycles. The topological polar surface area (TPSA) is 71.2 Å². The Kier molecular flexibility index (Phi) is 3.52. The Morgan fingerprint density at radius 3 is 3.00 bits per heavy atom. The average molecular weight is 181 g/mol. The lowest BCUT2D eigenvalue weighted by molar-refractivity contribution is 0.244. The van der Waals surface area contributed by atoms with Crippen molar-refractivity contribution < 1.29 is 5.11 Å². The van der Waals surface area contributed by atoms with E-state index in [1.54, 1.807) is 6.07 Å². The van der Waals surface area contributed by atoms with Crippen LogP contribution in [0.1, 0.15) is 6.92 Å². The number of nitrogen functional groups attached to an aromatic ring is 1. The summed E-state index contributed by atoms with van der Waals surface area (Å²) in [5, 5.41) is 11.9. The molecule has 1 atom stereocenters. The maximum absolute atomic E-state index is 8.78. The van der Waals surface area contributed by atoms with Crippen LogP contribution in [0.5, 0.6) is 0 Å². The number of nitrogens with one attached hydrogen (secondary N) is 1. The third-order valence-electron chi connectivity index (χ3n) is 1.71. The minimum absolute atomic E-state index is 0.176. The Morgan fingerprint density at radius 1 is 1.62 bits per heavy atom. The summed E-state index contributed by atoms with van der Waals surface area (Å²) in [5.41, 5.74) is 5.50.